The zero-order chi connectivity index (χ0) is 22.7. The quantitative estimate of drug-likeness (QED) is 0.556. The van der Waals surface area contributed by atoms with Gasteiger partial charge in [0.1, 0.15) is 5.82 Å². The van der Waals surface area contributed by atoms with E-state index in [1.165, 1.54) is 0 Å². The summed E-state index contributed by atoms with van der Waals surface area (Å²) in [5.74, 6) is 1.29. The average molecular weight is 472 g/mol. The van der Waals surface area contributed by atoms with Crippen LogP contribution in [0.5, 0.6) is 0 Å². The third-order valence-corrected chi connectivity index (χ3v) is 7.64. The number of H-pyrrole nitrogens is 1. The van der Waals surface area contributed by atoms with Gasteiger partial charge in [0, 0.05) is 61.5 Å². The molecule has 9 nitrogen and oxygen atoms in total. The fourth-order valence-electron chi connectivity index (χ4n) is 4.22. The molecular formula is C23H29N5O4S. The number of nitrogens with zero attached hydrogens (tertiary/aromatic N) is 4. The van der Waals surface area contributed by atoms with Gasteiger partial charge in [-0.05, 0) is 24.3 Å². The van der Waals surface area contributed by atoms with Crippen LogP contribution in [0.4, 0.5) is 5.82 Å². The van der Waals surface area contributed by atoms with Crippen LogP contribution >= 0.6 is 0 Å². The van der Waals surface area contributed by atoms with Gasteiger partial charge in [-0.1, -0.05) is 0 Å². The third-order valence-electron chi connectivity index (χ3n) is 6.10. The first kappa shape index (κ1) is 22.3. The minimum absolute atomic E-state index is 0.101. The first-order valence-electron chi connectivity index (χ1n) is 11.3. The SMILES string of the molecule is O=S(=O)(CCN1CCOCC1)Cc1cc(N2CCOCC2)nc(-c2ccc3[nH]ccc3c2)n1. The second kappa shape index (κ2) is 9.76. The van der Waals surface area contributed by atoms with Crippen LogP contribution in [0.3, 0.4) is 0 Å². The summed E-state index contributed by atoms with van der Waals surface area (Å²) < 4.78 is 36.8. The van der Waals surface area contributed by atoms with Gasteiger partial charge in [0.05, 0.1) is 43.6 Å². The monoisotopic (exact) mass is 471 g/mol. The van der Waals surface area contributed by atoms with E-state index < -0.39 is 9.84 Å². The number of hydrogen-bond donors (Lipinski definition) is 1. The van der Waals surface area contributed by atoms with Crippen LogP contribution in [0, 0.1) is 0 Å². The second-order valence-electron chi connectivity index (χ2n) is 8.47. The number of hydrogen-bond acceptors (Lipinski definition) is 8. The van der Waals surface area contributed by atoms with Crippen molar-refractivity contribution in [2.45, 2.75) is 5.75 Å². The molecule has 2 aromatic heterocycles. The number of benzene rings is 1. The normalized spacial score (nSPS) is 18.1. The maximum atomic E-state index is 13.0. The molecular weight excluding hydrogens is 442 g/mol. The fraction of sp³-hybridized carbons (Fsp3) is 0.478. The van der Waals surface area contributed by atoms with Crippen LogP contribution in [0.15, 0.2) is 36.5 Å². The van der Waals surface area contributed by atoms with Crippen molar-refractivity contribution in [1.29, 1.82) is 0 Å². The summed E-state index contributed by atoms with van der Waals surface area (Å²) in [6.45, 7) is 6.07. The minimum atomic E-state index is -3.33. The summed E-state index contributed by atoms with van der Waals surface area (Å²) in [6.07, 6.45) is 1.89. The topological polar surface area (TPSA) is 101 Å². The zero-order valence-electron chi connectivity index (χ0n) is 18.6. The summed E-state index contributed by atoms with van der Waals surface area (Å²) >= 11 is 0. The van der Waals surface area contributed by atoms with E-state index in [1.807, 2.05) is 36.5 Å². The number of aromatic nitrogens is 3. The Morgan fingerprint density at radius 2 is 1.70 bits per heavy atom. The van der Waals surface area contributed by atoms with Gasteiger partial charge in [-0.3, -0.25) is 4.90 Å². The summed E-state index contributed by atoms with van der Waals surface area (Å²) in [4.78, 5) is 16.9. The molecule has 4 heterocycles. The Balaban J connectivity index is 1.41. The standard InChI is InChI=1S/C23H29N5O4S/c29-33(30,14-9-27-5-10-31-11-6-27)17-20-16-22(28-7-12-32-13-8-28)26-23(25-20)19-1-2-21-18(15-19)3-4-24-21/h1-4,15-16,24H,5-14,17H2. The first-order chi connectivity index (χ1) is 16.1. The molecule has 2 fully saturated rings. The Morgan fingerprint density at radius 1 is 0.939 bits per heavy atom. The van der Waals surface area contributed by atoms with Gasteiger partial charge < -0.3 is 19.4 Å². The van der Waals surface area contributed by atoms with E-state index >= 15 is 0 Å². The van der Waals surface area contributed by atoms with Crippen molar-refractivity contribution in [1.82, 2.24) is 19.9 Å². The fourth-order valence-corrected chi connectivity index (χ4v) is 5.50. The third kappa shape index (κ3) is 5.52. The van der Waals surface area contributed by atoms with Crippen LogP contribution in [0.25, 0.3) is 22.3 Å². The molecule has 0 spiro atoms. The summed E-state index contributed by atoms with van der Waals surface area (Å²) in [5, 5.41) is 1.06. The first-order valence-corrected chi connectivity index (χ1v) is 13.2. The molecule has 0 unspecified atom stereocenters. The molecule has 176 valence electrons. The molecule has 1 aromatic carbocycles. The van der Waals surface area contributed by atoms with E-state index in [0.717, 1.165) is 48.5 Å². The Labute approximate surface area is 193 Å². The predicted molar refractivity (Wildman–Crippen MR) is 127 cm³/mol. The van der Waals surface area contributed by atoms with E-state index in [0.29, 0.717) is 44.5 Å². The molecule has 0 bridgehead atoms. The van der Waals surface area contributed by atoms with Crippen LogP contribution in [0.1, 0.15) is 5.69 Å². The van der Waals surface area contributed by atoms with Crippen molar-refractivity contribution in [3.05, 3.63) is 42.2 Å². The molecule has 3 aromatic rings. The number of anilines is 1. The predicted octanol–water partition coefficient (Wildman–Crippen LogP) is 1.71. The lowest BCUT2D eigenvalue weighted by molar-refractivity contribution is 0.0408. The van der Waals surface area contributed by atoms with E-state index in [1.54, 1.807) is 0 Å². The summed E-state index contributed by atoms with van der Waals surface area (Å²) in [5.41, 5.74) is 2.43. The van der Waals surface area contributed by atoms with Crippen molar-refractivity contribution >= 4 is 26.6 Å². The number of fused-ring (bicyclic) bond motifs is 1. The molecule has 2 aliphatic rings. The maximum absolute atomic E-state index is 13.0. The zero-order valence-corrected chi connectivity index (χ0v) is 19.4. The highest BCUT2D eigenvalue weighted by molar-refractivity contribution is 7.90. The van der Waals surface area contributed by atoms with Crippen LogP contribution < -0.4 is 4.90 Å². The summed E-state index contributed by atoms with van der Waals surface area (Å²) in [6, 6.07) is 9.81. The molecule has 5 rings (SSSR count). The van der Waals surface area contributed by atoms with Gasteiger partial charge in [0.15, 0.2) is 15.7 Å². The molecule has 0 saturated carbocycles. The molecule has 2 aliphatic heterocycles. The number of rotatable bonds is 7. The number of aromatic amines is 1. The Morgan fingerprint density at radius 3 is 2.48 bits per heavy atom. The number of morpholine rings is 2. The van der Waals surface area contributed by atoms with E-state index in [4.69, 9.17) is 14.5 Å². The van der Waals surface area contributed by atoms with Gasteiger partial charge in [0.2, 0.25) is 0 Å². The van der Waals surface area contributed by atoms with E-state index in [2.05, 4.69) is 19.8 Å². The molecule has 0 amide bonds. The largest absolute Gasteiger partial charge is 0.379 e. The highest BCUT2D eigenvalue weighted by Crippen LogP contribution is 2.25. The van der Waals surface area contributed by atoms with Crippen molar-refractivity contribution in [3.8, 4) is 11.4 Å². The molecule has 2 saturated heterocycles. The lowest BCUT2D eigenvalue weighted by Gasteiger charge is -2.28. The molecule has 0 radical (unpaired) electrons. The molecule has 10 heteroatoms. The van der Waals surface area contributed by atoms with E-state index in [-0.39, 0.29) is 11.5 Å². The maximum Gasteiger partial charge on any atom is 0.161 e. The van der Waals surface area contributed by atoms with Crippen molar-refractivity contribution in [3.63, 3.8) is 0 Å². The van der Waals surface area contributed by atoms with Gasteiger partial charge in [-0.25, -0.2) is 18.4 Å². The van der Waals surface area contributed by atoms with Crippen molar-refractivity contribution < 1.29 is 17.9 Å². The van der Waals surface area contributed by atoms with Crippen molar-refractivity contribution in [2.75, 3.05) is 69.8 Å². The van der Waals surface area contributed by atoms with Crippen LogP contribution in [0.2, 0.25) is 0 Å². The Bertz CT molecular complexity index is 1200. The Hall–Kier alpha value is -2.53. The number of sulfone groups is 1. The minimum Gasteiger partial charge on any atom is -0.379 e. The molecule has 33 heavy (non-hydrogen) atoms. The van der Waals surface area contributed by atoms with Crippen molar-refractivity contribution in [2.24, 2.45) is 0 Å². The lowest BCUT2D eigenvalue weighted by atomic mass is 10.1. The summed E-state index contributed by atoms with van der Waals surface area (Å²) in [7, 11) is -3.33. The van der Waals surface area contributed by atoms with Crippen LogP contribution in [-0.2, 0) is 25.1 Å². The highest BCUT2D eigenvalue weighted by Gasteiger charge is 2.21. The lowest BCUT2D eigenvalue weighted by Crippen LogP contribution is -2.39. The second-order valence-corrected chi connectivity index (χ2v) is 10.7. The number of nitrogens with one attached hydrogen (secondary N) is 1. The van der Waals surface area contributed by atoms with Gasteiger partial charge >= 0.3 is 0 Å². The van der Waals surface area contributed by atoms with Gasteiger partial charge in [-0.2, -0.15) is 0 Å². The average Bonchev–Trinajstić information content (AvgIpc) is 3.32. The van der Waals surface area contributed by atoms with Crippen LogP contribution in [-0.4, -0.2) is 93.2 Å². The molecule has 0 aliphatic carbocycles. The number of ether oxygens (including phenoxy) is 2. The Kier molecular flexibility index (Phi) is 6.59. The molecule has 1 N–H and O–H groups in total. The van der Waals surface area contributed by atoms with Gasteiger partial charge in [0.25, 0.3) is 0 Å². The smallest absolute Gasteiger partial charge is 0.161 e. The highest BCUT2D eigenvalue weighted by atomic mass is 32.2. The van der Waals surface area contributed by atoms with E-state index in [9.17, 15) is 8.42 Å². The van der Waals surface area contributed by atoms with Gasteiger partial charge in [-0.15, -0.1) is 0 Å². The molecule has 0 atom stereocenters.